The molecule has 6 heteroatoms. The second-order valence-electron chi connectivity index (χ2n) is 18.4. The van der Waals surface area contributed by atoms with Crippen molar-refractivity contribution in [3.8, 4) is 0 Å². The Morgan fingerprint density at radius 3 is 0.860 bits per heavy atom. The second-order valence-corrected chi connectivity index (χ2v) is 18.4. The molecule has 0 aliphatic rings. The molecule has 0 unspecified atom stereocenters. The first kappa shape index (κ1) is 55.4. The van der Waals surface area contributed by atoms with Gasteiger partial charge in [-0.25, -0.2) is 0 Å². The normalized spacial score (nSPS) is 12.1. The molecule has 0 heterocycles. The van der Waals surface area contributed by atoms with Gasteiger partial charge in [0, 0.05) is 19.3 Å². The zero-order valence-corrected chi connectivity index (χ0v) is 39.0. The maximum Gasteiger partial charge on any atom is 0.306 e. The zero-order chi connectivity index (χ0) is 41.9. The number of unbranched alkanes of at least 4 members (excludes halogenated alkanes) is 30. The van der Waals surface area contributed by atoms with Crippen molar-refractivity contribution in [1.82, 2.24) is 0 Å². The van der Waals surface area contributed by atoms with Crippen LogP contribution in [0.4, 0.5) is 0 Å². The summed E-state index contributed by atoms with van der Waals surface area (Å²) in [7, 11) is 0. The van der Waals surface area contributed by atoms with E-state index in [-0.39, 0.29) is 31.1 Å². The van der Waals surface area contributed by atoms with Crippen molar-refractivity contribution in [2.24, 2.45) is 11.8 Å². The maximum atomic E-state index is 12.6. The Morgan fingerprint density at radius 2 is 0.579 bits per heavy atom. The largest absolute Gasteiger partial charge is 0.462 e. The molecule has 0 N–H and O–H groups in total. The van der Waals surface area contributed by atoms with E-state index in [0.717, 1.165) is 76.0 Å². The summed E-state index contributed by atoms with van der Waals surface area (Å²) in [4.78, 5) is 37.6. The Labute approximate surface area is 355 Å². The molecule has 0 fully saturated rings. The summed E-state index contributed by atoms with van der Waals surface area (Å²) >= 11 is 0. The zero-order valence-electron chi connectivity index (χ0n) is 39.0. The molecule has 0 bridgehead atoms. The lowest BCUT2D eigenvalue weighted by molar-refractivity contribution is -0.167. The fraction of sp³-hybridized carbons (Fsp3) is 0.941. The number of ether oxygens (including phenoxy) is 3. The van der Waals surface area contributed by atoms with Crippen molar-refractivity contribution in [2.75, 3.05) is 13.2 Å². The first-order valence-corrected chi connectivity index (χ1v) is 25.2. The van der Waals surface area contributed by atoms with Crippen LogP contribution in [-0.2, 0) is 28.6 Å². The molecule has 57 heavy (non-hydrogen) atoms. The third-order valence-corrected chi connectivity index (χ3v) is 11.5. The molecule has 0 aliphatic carbocycles. The van der Waals surface area contributed by atoms with Crippen LogP contribution in [0.5, 0.6) is 0 Å². The average Bonchev–Trinajstić information content (AvgIpc) is 3.18. The van der Waals surface area contributed by atoms with E-state index in [2.05, 4.69) is 34.6 Å². The number of carbonyl (C=O) groups excluding carboxylic acids is 3. The van der Waals surface area contributed by atoms with Gasteiger partial charge in [-0.1, -0.05) is 240 Å². The quantitative estimate of drug-likeness (QED) is 0.0346. The summed E-state index contributed by atoms with van der Waals surface area (Å²) in [6, 6.07) is 0. The Hall–Kier alpha value is -1.59. The third kappa shape index (κ3) is 45.3. The fourth-order valence-corrected chi connectivity index (χ4v) is 7.64. The van der Waals surface area contributed by atoms with Crippen molar-refractivity contribution >= 4 is 17.9 Å². The molecule has 0 aromatic heterocycles. The summed E-state index contributed by atoms with van der Waals surface area (Å²) in [6.45, 7) is 11.3. The van der Waals surface area contributed by atoms with E-state index in [1.54, 1.807) is 0 Å². The molecular weight excluding hydrogens is 709 g/mol. The van der Waals surface area contributed by atoms with Crippen LogP contribution in [0.1, 0.15) is 279 Å². The van der Waals surface area contributed by atoms with E-state index in [1.165, 1.54) is 161 Å². The number of rotatable bonds is 45. The highest BCUT2D eigenvalue weighted by atomic mass is 16.6. The van der Waals surface area contributed by atoms with Crippen LogP contribution in [-0.4, -0.2) is 37.2 Å². The fourth-order valence-electron chi connectivity index (χ4n) is 7.64. The molecule has 0 saturated heterocycles. The summed E-state index contributed by atoms with van der Waals surface area (Å²) < 4.78 is 16.7. The smallest absolute Gasteiger partial charge is 0.306 e. The molecule has 0 aromatic carbocycles. The van der Waals surface area contributed by atoms with Crippen molar-refractivity contribution in [1.29, 1.82) is 0 Å². The minimum Gasteiger partial charge on any atom is -0.462 e. The van der Waals surface area contributed by atoms with Gasteiger partial charge < -0.3 is 14.2 Å². The average molecular weight is 807 g/mol. The lowest BCUT2D eigenvalue weighted by Gasteiger charge is -2.18. The third-order valence-electron chi connectivity index (χ3n) is 11.5. The van der Waals surface area contributed by atoms with E-state index in [0.29, 0.717) is 19.3 Å². The predicted octanol–water partition coefficient (Wildman–Crippen LogP) is 16.1. The van der Waals surface area contributed by atoms with E-state index >= 15 is 0 Å². The van der Waals surface area contributed by atoms with E-state index in [9.17, 15) is 14.4 Å². The van der Waals surface area contributed by atoms with Gasteiger partial charge in [-0.15, -0.1) is 0 Å². The maximum absolute atomic E-state index is 12.6. The van der Waals surface area contributed by atoms with Crippen LogP contribution >= 0.6 is 0 Å². The molecule has 0 radical (unpaired) electrons. The highest BCUT2D eigenvalue weighted by molar-refractivity contribution is 5.71. The molecule has 0 aromatic rings. The lowest BCUT2D eigenvalue weighted by atomic mass is 10.0. The van der Waals surface area contributed by atoms with Crippen molar-refractivity contribution in [3.63, 3.8) is 0 Å². The minimum atomic E-state index is -0.759. The molecule has 0 saturated carbocycles. The van der Waals surface area contributed by atoms with Crippen LogP contribution < -0.4 is 0 Å². The Morgan fingerprint density at radius 1 is 0.333 bits per heavy atom. The summed E-state index contributed by atoms with van der Waals surface area (Å²) in [5.41, 5.74) is 0. The molecule has 0 rings (SSSR count). The number of carbonyl (C=O) groups is 3. The Kier molecular flexibility index (Phi) is 42.7. The first-order chi connectivity index (χ1) is 27.7. The Bertz CT molecular complexity index is 870. The highest BCUT2D eigenvalue weighted by Crippen LogP contribution is 2.17. The van der Waals surface area contributed by atoms with Gasteiger partial charge >= 0.3 is 17.9 Å². The molecule has 1 atom stereocenters. The number of hydrogen-bond donors (Lipinski definition) is 0. The number of esters is 3. The summed E-state index contributed by atoms with van der Waals surface area (Å²) in [5, 5.41) is 0. The Balaban J connectivity index is 4.06. The molecule has 0 spiro atoms. The van der Waals surface area contributed by atoms with Crippen LogP contribution in [0.15, 0.2) is 0 Å². The second kappa shape index (κ2) is 44.0. The van der Waals surface area contributed by atoms with Gasteiger partial charge in [0.1, 0.15) is 13.2 Å². The molecule has 6 nitrogen and oxygen atoms in total. The van der Waals surface area contributed by atoms with Crippen molar-refractivity contribution in [3.05, 3.63) is 0 Å². The van der Waals surface area contributed by atoms with E-state index in [4.69, 9.17) is 14.2 Å². The molecule has 338 valence electrons. The number of hydrogen-bond acceptors (Lipinski definition) is 6. The van der Waals surface area contributed by atoms with Crippen LogP contribution in [0, 0.1) is 11.8 Å². The van der Waals surface area contributed by atoms with Crippen LogP contribution in [0.3, 0.4) is 0 Å². The SMILES string of the molecule is CCCCCCCC(=O)O[C@@H](COC(=O)CCCCCCCCCCCCCCCCCCC(C)C)COC(=O)CCCCCCCCCCCCCCC(C)C. The van der Waals surface area contributed by atoms with Crippen LogP contribution in [0.2, 0.25) is 0 Å². The van der Waals surface area contributed by atoms with E-state index in [1.807, 2.05) is 0 Å². The van der Waals surface area contributed by atoms with Crippen molar-refractivity contribution in [2.45, 2.75) is 285 Å². The van der Waals surface area contributed by atoms with Gasteiger partial charge in [0.2, 0.25) is 0 Å². The van der Waals surface area contributed by atoms with Gasteiger partial charge in [-0.2, -0.15) is 0 Å². The van der Waals surface area contributed by atoms with Gasteiger partial charge in [0.15, 0.2) is 6.10 Å². The molecule has 0 aliphatic heterocycles. The van der Waals surface area contributed by atoms with Gasteiger partial charge in [-0.05, 0) is 31.1 Å². The molecule has 0 amide bonds. The predicted molar refractivity (Wildman–Crippen MR) is 243 cm³/mol. The summed E-state index contributed by atoms with van der Waals surface area (Å²) in [5.74, 6) is 0.822. The van der Waals surface area contributed by atoms with Crippen molar-refractivity contribution < 1.29 is 28.6 Å². The lowest BCUT2D eigenvalue weighted by Crippen LogP contribution is -2.30. The standard InChI is InChI=1S/C51H98O6/c1-6-7-8-29-38-43-51(54)57-48(45-56-50(53)42-37-33-28-24-20-16-15-18-22-26-31-35-40-47(4)5)44-55-49(52)41-36-32-27-23-19-14-12-10-9-11-13-17-21-25-30-34-39-46(2)3/h46-48H,6-45H2,1-5H3/t48-/m0/s1. The monoisotopic (exact) mass is 807 g/mol. The minimum absolute atomic E-state index is 0.0652. The van der Waals surface area contributed by atoms with Gasteiger partial charge in [-0.3, -0.25) is 14.4 Å². The van der Waals surface area contributed by atoms with Crippen LogP contribution in [0.25, 0.3) is 0 Å². The highest BCUT2D eigenvalue weighted by Gasteiger charge is 2.19. The van der Waals surface area contributed by atoms with E-state index < -0.39 is 6.10 Å². The van der Waals surface area contributed by atoms with Gasteiger partial charge in [0.25, 0.3) is 0 Å². The first-order valence-electron chi connectivity index (χ1n) is 25.2. The topological polar surface area (TPSA) is 78.9 Å². The van der Waals surface area contributed by atoms with Gasteiger partial charge in [0.05, 0.1) is 0 Å². The summed E-state index contributed by atoms with van der Waals surface area (Å²) in [6.07, 6.45) is 44.1. The molecular formula is C51H98O6.